The lowest BCUT2D eigenvalue weighted by atomic mass is 10.2. The normalized spacial score (nSPS) is 17.6. The molecule has 248 valence electrons. The van der Waals surface area contributed by atoms with Crippen LogP contribution in [0.2, 0.25) is 0 Å². The molecule has 14 nitrogen and oxygen atoms in total. The van der Waals surface area contributed by atoms with E-state index in [1.165, 1.54) is 48.5 Å². The predicted octanol–water partition coefficient (Wildman–Crippen LogP) is 1.60. The number of benzene rings is 2. The van der Waals surface area contributed by atoms with Crippen LogP contribution in [0.5, 0.6) is 11.5 Å². The van der Waals surface area contributed by atoms with Gasteiger partial charge in [0.1, 0.15) is 24.6 Å². The lowest BCUT2D eigenvalue weighted by molar-refractivity contribution is -0.658. The van der Waals surface area contributed by atoms with Crippen LogP contribution in [0.1, 0.15) is 60.2 Å². The summed E-state index contributed by atoms with van der Waals surface area (Å²) >= 11 is 0. The van der Waals surface area contributed by atoms with Crippen molar-refractivity contribution in [2.75, 3.05) is 39.4 Å². The summed E-state index contributed by atoms with van der Waals surface area (Å²) in [7, 11) is -4.14. The Morgan fingerprint density at radius 2 is 1.28 bits per heavy atom. The molecule has 2 aromatic rings. The maximum absolute atomic E-state index is 14.7. The van der Waals surface area contributed by atoms with Crippen molar-refractivity contribution >= 4 is 37.3 Å². The minimum atomic E-state index is -4.14. The summed E-state index contributed by atoms with van der Waals surface area (Å²) in [5.41, 5.74) is 0.470. The van der Waals surface area contributed by atoms with Crippen LogP contribution < -0.4 is 25.0 Å². The molecule has 15 heteroatoms. The zero-order chi connectivity index (χ0) is 33.1. The molecule has 2 aliphatic rings. The van der Waals surface area contributed by atoms with E-state index in [2.05, 4.69) is 10.6 Å². The first-order valence-corrected chi connectivity index (χ1v) is 16.9. The van der Waals surface area contributed by atoms with Crippen LogP contribution in [0.25, 0.3) is 0 Å². The zero-order valence-electron chi connectivity index (χ0n) is 25.9. The second kappa shape index (κ2) is 16.2. The third-order valence-electron chi connectivity index (χ3n) is 7.45. The van der Waals surface area contributed by atoms with Gasteiger partial charge in [-0.3, -0.25) is 24.0 Å². The van der Waals surface area contributed by atoms with E-state index in [1.54, 1.807) is 18.7 Å². The van der Waals surface area contributed by atoms with E-state index in [4.69, 9.17) is 18.5 Å². The number of quaternary nitrogens is 1. The van der Waals surface area contributed by atoms with Crippen molar-refractivity contribution in [2.24, 2.45) is 0 Å². The van der Waals surface area contributed by atoms with Gasteiger partial charge in [-0.2, -0.15) is 0 Å². The fraction of sp³-hybridized carbons (Fsp3) is 0.452. The largest absolute Gasteiger partial charge is 0.465 e. The highest BCUT2D eigenvalue weighted by Crippen LogP contribution is 2.57. The van der Waals surface area contributed by atoms with Crippen molar-refractivity contribution in [3.63, 3.8) is 0 Å². The summed E-state index contributed by atoms with van der Waals surface area (Å²) in [5, 5.41) is 6.93. The molecule has 2 aromatic carbocycles. The summed E-state index contributed by atoms with van der Waals surface area (Å²) in [6, 6.07) is 11.4. The van der Waals surface area contributed by atoms with Crippen molar-refractivity contribution in [1.82, 2.24) is 15.5 Å². The van der Waals surface area contributed by atoms with Gasteiger partial charge in [0.2, 0.25) is 0 Å². The molecule has 2 saturated heterocycles. The number of hydrogen-bond donors (Lipinski definition) is 3. The van der Waals surface area contributed by atoms with Gasteiger partial charge in [0.25, 0.3) is 17.7 Å². The number of nitrogens with zero attached hydrogens (tertiary/aromatic N) is 1. The second-order valence-electron chi connectivity index (χ2n) is 10.7. The number of nitrogens with two attached hydrogens (primary N) is 1. The summed E-state index contributed by atoms with van der Waals surface area (Å²) in [5.74, 6) is -2.84. The SMILES string of the molecule is CCOC(=O)CNC(=O)c1ccc(OP(=O)(Oc2ccc(C(=O)NCC(=O)OCC)cc2)C2CCCN2C(=O)C2CCC[NH2+]2)cc1. The Labute approximate surface area is 267 Å². The van der Waals surface area contributed by atoms with Gasteiger partial charge in [-0.1, -0.05) is 0 Å². The number of carbonyl (C=O) groups excluding carboxylic acids is 5. The number of nitrogens with one attached hydrogen (secondary N) is 2. The van der Waals surface area contributed by atoms with Crippen LogP contribution in [0.3, 0.4) is 0 Å². The molecule has 2 fully saturated rings. The van der Waals surface area contributed by atoms with Crippen molar-refractivity contribution in [2.45, 2.75) is 51.4 Å². The van der Waals surface area contributed by atoms with Crippen LogP contribution in [-0.4, -0.2) is 85.8 Å². The fourth-order valence-electron chi connectivity index (χ4n) is 5.25. The topological polar surface area (TPSA) is 183 Å². The number of amides is 3. The van der Waals surface area contributed by atoms with Crippen LogP contribution in [0.4, 0.5) is 0 Å². The summed E-state index contributed by atoms with van der Waals surface area (Å²) in [6.45, 7) is 4.40. The van der Waals surface area contributed by atoms with Crippen molar-refractivity contribution in [3.05, 3.63) is 59.7 Å². The van der Waals surface area contributed by atoms with Crippen molar-refractivity contribution in [1.29, 1.82) is 0 Å². The van der Waals surface area contributed by atoms with Gasteiger partial charge in [0.05, 0.1) is 19.8 Å². The smallest absolute Gasteiger partial charge is 0.453 e. The van der Waals surface area contributed by atoms with Crippen LogP contribution >= 0.6 is 7.60 Å². The first-order valence-electron chi connectivity index (χ1n) is 15.3. The lowest BCUT2D eigenvalue weighted by Gasteiger charge is -2.31. The van der Waals surface area contributed by atoms with E-state index in [0.29, 0.717) is 19.4 Å². The van der Waals surface area contributed by atoms with Gasteiger partial charge in [-0.05, 0) is 75.2 Å². The van der Waals surface area contributed by atoms with E-state index >= 15 is 0 Å². The molecule has 46 heavy (non-hydrogen) atoms. The number of hydrogen-bond acceptors (Lipinski definition) is 10. The molecule has 2 heterocycles. The average Bonchev–Trinajstić information content (AvgIpc) is 3.77. The average molecular weight is 660 g/mol. The van der Waals surface area contributed by atoms with E-state index < -0.39 is 37.1 Å². The quantitative estimate of drug-likeness (QED) is 0.199. The lowest BCUT2D eigenvalue weighted by Crippen LogP contribution is -2.89. The van der Waals surface area contributed by atoms with Crippen molar-refractivity contribution < 1.29 is 52.4 Å². The van der Waals surface area contributed by atoms with Gasteiger partial charge >= 0.3 is 19.5 Å². The van der Waals surface area contributed by atoms with Gasteiger partial charge < -0.3 is 39.4 Å². The monoisotopic (exact) mass is 659 g/mol. The summed E-state index contributed by atoms with van der Waals surface area (Å²) < 4.78 is 36.4. The Morgan fingerprint density at radius 1 is 0.783 bits per heavy atom. The maximum atomic E-state index is 14.7. The Bertz CT molecular complexity index is 1360. The van der Waals surface area contributed by atoms with E-state index in [0.717, 1.165) is 19.4 Å². The molecule has 0 aromatic heterocycles. The second-order valence-corrected chi connectivity index (χ2v) is 12.7. The fourth-order valence-corrected chi connectivity index (χ4v) is 7.43. The highest BCUT2D eigenvalue weighted by Gasteiger charge is 2.49. The molecule has 0 spiro atoms. The molecular formula is C31H40N4O10P+. The molecule has 4 rings (SSSR count). The Morgan fingerprint density at radius 3 is 1.72 bits per heavy atom. The first-order chi connectivity index (χ1) is 22.1. The Kier molecular flexibility index (Phi) is 12.2. The van der Waals surface area contributed by atoms with E-state index in [9.17, 15) is 28.5 Å². The minimum Gasteiger partial charge on any atom is -0.465 e. The number of esters is 2. The van der Waals surface area contributed by atoms with Crippen LogP contribution in [0.15, 0.2) is 48.5 Å². The molecule has 0 saturated carbocycles. The molecule has 0 radical (unpaired) electrons. The van der Waals surface area contributed by atoms with Crippen molar-refractivity contribution in [3.8, 4) is 11.5 Å². The molecule has 0 bridgehead atoms. The Hall–Kier alpha value is -4.42. The van der Waals surface area contributed by atoms with Gasteiger partial charge in [-0.25, -0.2) is 4.57 Å². The highest BCUT2D eigenvalue weighted by molar-refractivity contribution is 7.55. The van der Waals surface area contributed by atoms with E-state index in [1.807, 2.05) is 5.32 Å². The minimum absolute atomic E-state index is 0.116. The zero-order valence-corrected chi connectivity index (χ0v) is 26.8. The van der Waals surface area contributed by atoms with Gasteiger partial charge in [0, 0.05) is 30.5 Å². The molecular weight excluding hydrogens is 619 g/mol. The highest BCUT2D eigenvalue weighted by atomic mass is 31.2. The number of rotatable bonds is 14. The van der Waals surface area contributed by atoms with Gasteiger partial charge in [0.15, 0.2) is 11.8 Å². The number of ether oxygens (including phenoxy) is 2. The van der Waals surface area contributed by atoms with E-state index in [-0.39, 0.29) is 60.9 Å². The summed E-state index contributed by atoms with van der Waals surface area (Å²) in [4.78, 5) is 63.2. The standard InChI is InChI=1S/C31H39N4O10P/c1-3-42-27(36)19-33-29(38)21-9-13-23(14-10-21)44-46(41,26-8-6-18-35(26)31(40)25-7-5-17-32-25)45-24-15-11-22(12-16-24)30(39)34-20-28(37)43-4-2/h9-16,25-26,32H,3-8,17-20H2,1-2H3,(H,33,38)(H,34,39)/p+1. The molecule has 2 unspecified atom stereocenters. The third kappa shape index (κ3) is 9.07. The molecule has 2 aliphatic heterocycles. The Balaban J connectivity index is 1.52. The van der Waals surface area contributed by atoms with Crippen LogP contribution in [0, 0.1) is 0 Å². The third-order valence-corrected chi connectivity index (χ3v) is 9.65. The molecule has 3 amide bonds. The van der Waals surface area contributed by atoms with Gasteiger partial charge in [-0.15, -0.1) is 0 Å². The first kappa shape index (κ1) is 34.5. The predicted molar refractivity (Wildman–Crippen MR) is 164 cm³/mol. The van der Waals surface area contributed by atoms with Crippen LogP contribution in [-0.2, 0) is 28.4 Å². The number of likely N-dealkylation sites (tertiary alicyclic amines) is 1. The summed E-state index contributed by atoms with van der Waals surface area (Å²) in [6.07, 6.45) is 2.64. The molecule has 4 N–H and O–H groups in total. The molecule has 0 aliphatic carbocycles. The molecule has 2 atom stereocenters. The number of carbonyl (C=O) groups is 5. The maximum Gasteiger partial charge on any atom is 0.453 e.